The number of carboxylic acid groups (broad SMARTS) is 1. The number of aliphatic hydroxyl groups is 1. The average molecular weight is 1810 g/mol. The maximum absolute atomic E-state index is 12.9. The fourth-order valence-electron chi connectivity index (χ4n) is 22.7. The van der Waals surface area contributed by atoms with E-state index >= 15 is 0 Å². The zero-order chi connectivity index (χ0) is 94.8. The number of carbonyl (C=O) groups excluding carboxylic acids is 4. The number of Topliss-reactive ketones (excluding diaryl/α,β-unsaturated/α-hetero) is 2. The number of fused-ring (bicyclic) bond motifs is 15. The molecule has 15 rings (SSSR count). The molecule has 19 heteroatoms. The van der Waals surface area contributed by atoms with E-state index in [-0.39, 0.29) is 65.9 Å². The number of esters is 2. The van der Waals surface area contributed by atoms with Crippen LogP contribution in [0.25, 0.3) is 0 Å². The molecule has 0 bridgehead atoms. The summed E-state index contributed by atoms with van der Waals surface area (Å²) in [5, 5.41) is 24.7. The minimum absolute atomic E-state index is 0.0155. The van der Waals surface area contributed by atoms with Gasteiger partial charge in [0.25, 0.3) is 0 Å². The van der Waals surface area contributed by atoms with E-state index in [0.717, 1.165) is 149 Å². The van der Waals surface area contributed by atoms with Crippen molar-refractivity contribution < 1.29 is 43.7 Å². The van der Waals surface area contributed by atoms with Crippen molar-refractivity contribution in [1.29, 1.82) is 0 Å². The maximum atomic E-state index is 12.9. The Hall–Kier alpha value is -5.65. The number of aliphatic carboxylic acids is 1. The number of nitrogens with one attached hydrogen (secondary N) is 2. The molecule has 716 valence electrons. The molecule has 0 aromatic heterocycles. The Morgan fingerprint density at radius 1 is 0.372 bits per heavy atom. The third kappa shape index (κ3) is 27.2. The van der Waals surface area contributed by atoms with E-state index in [9.17, 15) is 29.1 Å². The molecule has 5 aromatic rings. The Balaban J connectivity index is 0.000000165. The van der Waals surface area contributed by atoms with Gasteiger partial charge < -0.3 is 25.4 Å². The normalized spacial score (nSPS) is 25.6. The van der Waals surface area contributed by atoms with Gasteiger partial charge in [0.15, 0.2) is 0 Å². The number of hydrogen-bond donors (Lipinski definition) is 5. The standard InChI is InChI=1S/C24H39N2O2P.C24H38N2O2.C19H29NO.2C19H27NO.C5H12NO2P/c1-14(2)9-19-13-26-8-7-18-10-16(5)17(6)11-20(18)21(26)12-22(19)28-24(27)23(25-29)15(3)4;1-14(2)9-19-13-26-8-7-18-10-16(5)17(6)11-20(18)21(26)12-22(19)28-24(27)23(25)15(3)4;3*1-12(2)7-16-11-20-6-5-15-8-13(3)14(4)9-17(15)18(20)10-19(16)21;1-3(2)4(6-9)5(7)8/h10-11,14-15,19,21-23,25H,7-9,12-13,29H2,1-6H3;10-11,14-15,19,21-23H,7-9,12-13,25H2,1-6H3;8-9,12,16,18-19,21H,5-7,10-11H2,1-4H3;2*8-9,12,16,18H,5-7,10-11H2,1-4H3;3-4,6H,9H2,1-2H3,(H,7,8)/t2*19-,21-,22-,23+;16-,18-,19-;16-,18-;;4-/m1111.0/s1. The molecule has 129 heavy (non-hydrogen) atoms. The van der Waals surface area contributed by atoms with E-state index in [0.29, 0.717) is 102 Å². The van der Waals surface area contributed by atoms with Gasteiger partial charge in [0.1, 0.15) is 41.9 Å². The summed E-state index contributed by atoms with van der Waals surface area (Å²) in [5.41, 5.74) is 34.4. The molecule has 10 heterocycles. The van der Waals surface area contributed by atoms with Crippen molar-refractivity contribution in [2.75, 3.05) is 65.4 Å². The molecule has 10 aliphatic heterocycles. The van der Waals surface area contributed by atoms with Crippen molar-refractivity contribution in [1.82, 2.24) is 34.7 Å². The SMILES string of the molecule is CC(C)[C@H](NP)C(=O)O.Cc1cc2c(cc1C)C1CC(=O)C(CC(C)C)CN1CC2.Cc1cc2c(cc1C)[C@H]1CC(=O)[C@H](CC(C)C)CN1CC2.Cc1cc2c(cc1C)[C@H]1C[C@@H](O)[C@H](CC(C)C)CN1CC2.Cc1cc2c(cc1C)[C@H]1C[C@@H](OC(=O)[C@@H](N)C(C)C)[C@H](CC(C)C)CN1CC2.Cc1cc2c(cc1C)[C@H]1C[C@@H](OC(=O)[C@@H](NP)C(C)C)[C@H](CC(C)C)CN1CC2. The molecule has 0 aliphatic carbocycles. The number of benzene rings is 5. The summed E-state index contributed by atoms with van der Waals surface area (Å²) < 4.78 is 12.3. The number of piperidine rings is 5. The predicted molar refractivity (Wildman–Crippen MR) is 537 cm³/mol. The molecule has 4 unspecified atom stereocenters. The third-order valence-corrected chi connectivity index (χ3v) is 31.4. The smallest absolute Gasteiger partial charge is 0.323 e. The second-order valence-electron chi connectivity index (χ2n) is 44.3. The Morgan fingerprint density at radius 2 is 0.636 bits per heavy atom. The molecular weight excluding hydrogens is 1640 g/mol. The topological polar surface area (TPSA) is 211 Å². The number of hydrogen-bond acceptors (Lipinski definition) is 16. The van der Waals surface area contributed by atoms with Gasteiger partial charge in [-0.1, -0.05) is 190 Å². The first kappa shape index (κ1) is 105. The molecule has 6 N–H and O–H groups in total. The number of ketones is 2. The van der Waals surface area contributed by atoms with Crippen LogP contribution < -0.4 is 15.9 Å². The van der Waals surface area contributed by atoms with Gasteiger partial charge in [-0.15, -0.1) is 0 Å². The lowest BCUT2D eigenvalue weighted by Crippen LogP contribution is -2.51. The lowest BCUT2D eigenvalue weighted by molar-refractivity contribution is -0.161. The second kappa shape index (κ2) is 47.2. The Morgan fingerprint density at radius 3 is 0.907 bits per heavy atom. The zero-order valence-corrected chi connectivity index (χ0v) is 86.8. The first-order valence-corrected chi connectivity index (χ1v) is 51.2. The average Bonchev–Trinajstić information content (AvgIpc) is 0.767. The highest BCUT2D eigenvalue weighted by molar-refractivity contribution is 7.14. The van der Waals surface area contributed by atoms with E-state index < -0.39 is 18.1 Å². The number of nitrogens with zero attached hydrogens (tertiary/aromatic N) is 5. The number of carbonyl (C=O) groups is 5. The van der Waals surface area contributed by atoms with E-state index in [2.05, 4.69) is 266 Å². The second-order valence-corrected chi connectivity index (χ2v) is 44.9. The monoisotopic (exact) mass is 1810 g/mol. The summed E-state index contributed by atoms with van der Waals surface area (Å²) in [4.78, 5) is 73.9. The van der Waals surface area contributed by atoms with Gasteiger partial charge in [0.2, 0.25) is 0 Å². The highest BCUT2D eigenvalue weighted by Gasteiger charge is 2.47. The molecule has 10 aliphatic rings. The summed E-state index contributed by atoms with van der Waals surface area (Å²) in [6, 6.07) is 24.1. The van der Waals surface area contributed by atoms with E-state index in [1.54, 1.807) is 0 Å². The van der Waals surface area contributed by atoms with Gasteiger partial charge in [-0.3, -0.25) is 58.6 Å². The molecule has 0 saturated carbocycles. The zero-order valence-electron chi connectivity index (χ0n) is 84.5. The van der Waals surface area contributed by atoms with Crippen molar-refractivity contribution >= 4 is 48.3 Å². The molecule has 5 fully saturated rings. The largest absolute Gasteiger partial charge is 0.480 e. The summed E-state index contributed by atoms with van der Waals surface area (Å²) in [7, 11) is 4.68. The van der Waals surface area contributed by atoms with Crippen molar-refractivity contribution in [3.63, 3.8) is 0 Å². The highest BCUT2D eigenvalue weighted by atomic mass is 31.0. The number of carboxylic acids is 1. The first-order chi connectivity index (χ1) is 60.8. The third-order valence-electron chi connectivity index (χ3n) is 30.7. The summed E-state index contributed by atoms with van der Waals surface area (Å²) in [5.74, 6) is 5.05. The molecule has 5 aromatic carbocycles. The summed E-state index contributed by atoms with van der Waals surface area (Å²) >= 11 is 0. The van der Waals surface area contributed by atoms with Crippen LogP contribution in [0.4, 0.5) is 0 Å². The number of ether oxygens (including phenoxy) is 2. The fraction of sp³-hybridized carbons (Fsp3) is 0.682. The minimum Gasteiger partial charge on any atom is -0.480 e. The summed E-state index contributed by atoms with van der Waals surface area (Å²) in [6.07, 6.45) is 15.0. The Labute approximate surface area is 784 Å². The van der Waals surface area contributed by atoms with Crippen LogP contribution in [-0.2, 0) is 65.6 Å². The Bertz CT molecular complexity index is 4510. The van der Waals surface area contributed by atoms with Crippen molar-refractivity contribution in [3.05, 3.63) is 172 Å². The summed E-state index contributed by atoms with van der Waals surface area (Å²) in [6.45, 7) is 66.8. The van der Waals surface area contributed by atoms with Gasteiger partial charge >= 0.3 is 17.9 Å². The molecule has 18 atom stereocenters. The van der Waals surface area contributed by atoms with Crippen LogP contribution in [0.15, 0.2) is 60.7 Å². The van der Waals surface area contributed by atoms with Crippen LogP contribution in [0, 0.1) is 146 Å². The van der Waals surface area contributed by atoms with Gasteiger partial charge in [-0.05, 0) is 304 Å². The fourth-order valence-corrected chi connectivity index (χ4v) is 23.8. The van der Waals surface area contributed by atoms with E-state index in [1.165, 1.54) is 111 Å². The van der Waals surface area contributed by atoms with Crippen molar-refractivity contribution in [3.8, 4) is 0 Å². The van der Waals surface area contributed by atoms with E-state index in [1.807, 2.05) is 27.7 Å². The van der Waals surface area contributed by atoms with Crippen LogP contribution in [-0.4, -0.2) is 166 Å². The van der Waals surface area contributed by atoms with E-state index in [4.69, 9.17) is 20.3 Å². The molecule has 17 nitrogen and oxygen atoms in total. The van der Waals surface area contributed by atoms with Crippen LogP contribution in [0.5, 0.6) is 0 Å². The molecule has 0 spiro atoms. The van der Waals surface area contributed by atoms with Gasteiger partial charge in [-0.25, -0.2) is 0 Å². The molecule has 0 radical (unpaired) electrons. The quantitative estimate of drug-likeness (QED) is 0.0362. The van der Waals surface area contributed by atoms with Gasteiger partial charge in [-0.2, -0.15) is 0 Å². The number of rotatable bonds is 20. The van der Waals surface area contributed by atoms with Gasteiger partial charge in [0.05, 0.1) is 6.10 Å². The van der Waals surface area contributed by atoms with Crippen molar-refractivity contribution in [2.24, 2.45) is 82.7 Å². The number of aryl methyl sites for hydroxylation is 10. The first-order valence-electron chi connectivity index (χ1n) is 50.1. The number of aliphatic hydroxyl groups excluding tert-OH is 1. The molecular formula is C110H172N8O9P2. The van der Waals surface area contributed by atoms with Crippen molar-refractivity contribution in [2.45, 2.75) is 343 Å². The highest BCUT2D eigenvalue weighted by Crippen LogP contribution is 2.48. The minimum atomic E-state index is -0.806. The predicted octanol–water partition coefficient (Wildman–Crippen LogP) is 20.5. The van der Waals surface area contributed by atoms with Crippen LogP contribution >= 0.6 is 18.8 Å². The lowest BCUT2D eigenvalue weighted by atomic mass is 9.78. The molecule has 5 saturated heterocycles. The lowest BCUT2D eigenvalue weighted by Gasteiger charge is -2.47. The molecule has 0 amide bonds. The van der Waals surface area contributed by atoms with Crippen LogP contribution in [0.2, 0.25) is 0 Å². The van der Waals surface area contributed by atoms with Gasteiger partial charge in [0, 0.05) is 145 Å². The maximum Gasteiger partial charge on any atom is 0.323 e. The van der Waals surface area contributed by atoms with Crippen LogP contribution in [0.3, 0.4) is 0 Å². The number of nitrogens with two attached hydrogens (primary N) is 1. The Kier molecular flexibility index (Phi) is 38.6. The van der Waals surface area contributed by atoms with Crippen LogP contribution in [0.1, 0.15) is 316 Å².